The summed E-state index contributed by atoms with van der Waals surface area (Å²) >= 11 is 0. The lowest BCUT2D eigenvalue weighted by molar-refractivity contribution is -0.125. The molecule has 126 valence electrons. The molecular formula is C21H24O3. The molecule has 3 heteroatoms. The monoisotopic (exact) mass is 324 g/mol. The van der Waals surface area contributed by atoms with Crippen LogP contribution in [0.2, 0.25) is 0 Å². The Kier molecular flexibility index (Phi) is 5.55. The number of carbonyl (C=O) groups excluding carboxylic acids is 2. The summed E-state index contributed by atoms with van der Waals surface area (Å²) in [6.07, 6.45) is 12.3. The highest BCUT2D eigenvalue weighted by Gasteiger charge is 2.27. The van der Waals surface area contributed by atoms with Gasteiger partial charge in [0.15, 0.2) is 0 Å². The molecule has 4 atom stereocenters. The summed E-state index contributed by atoms with van der Waals surface area (Å²) < 4.78 is 4.95. The van der Waals surface area contributed by atoms with Crippen LogP contribution in [-0.4, -0.2) is 12.3 Å². The van der Waals surface area contributed by atoms with Gasteiger partial charge in [-0.1, -0.05) is 62.1 Å². The predicted octanol–water partition coefficient (Wildman–Crippen LogP) is 4.32. The quantitative estimate of drug-likeness (QED) is 0.415. The molecule has 0 aromatic carbocycles. The molecule has 0 N–H and O–H groups in total. The number of rotatable bonds is 6. The van der Waals surface area contributed by atoms with Gasteiger partial charge in [0.25, 0.3) is 6.47 Å². The van der Waals surface area contributed by atoms with Crippen molar-refractivity contribution in [2.45, 2.75) is 20.8 Å². The number of ether oxygens (including phenoxy) is 1. The fraction of sp³-hybridized carbons (Fsp3) is 0.333. The van der Waals surface area contributed by atoms with Gasteiger partial charge in [-0.2, -0.15) is 0 Å². The Bertz CT molecular complexity index is 688. The predicted molar refractivity (Wildman–Crippen MR) is 95.9 cm³/mol. The topological polar surface area (TPSA) is 43.4 Å². The van der Waals surface area contributed by atoms with Crippen molar-refractivity contribution in [1.29, 1.82) is 0 Å². The number of allylic oxidation sites excluding steroid dienone is 9. The van der Waals surface area contributed by atoms with Crippen LogP contribution >= 0.6 is 0 Å². The van der Waals surface area contributed by atoms with Crippen LogP contribution in [0.25, 0.3) is 0 Å². The normalized spacial score (nSPS) is 28.6. The maximum atomic E-state index is 11.8. The van der Waals surface area contributed by atoms with E-state index in [0.29, 0.717) is 12.2 Å². The van der Waals surface area contributed by atoms with Gasteiger partial charge in [-0.25, -0.2) is 0 Å². The van der Waals surface area contributed by atoms with E-state index in [2.05, 4.69) is 44.4 Å². The van der Waals surface area contributed by atoms with Crippen LogP contribution in [0, 0.1) is 23.7 Å². The number of Topliss-reactive ketones (excluding diaryl/α,β-unsaturated/α-hetero) is 1. The molecule has 0 aromatic heterocycles. The first kappa shape index (κ1) is 17.9. The van der Waals surface area contributed by atoms with Crippen molar-refractivity contribution in [2.24, 2.45) is 23.7 Å². The molecule has 0 saturated carbocycles. The highest BCUT2D eigenvalue weighted by molar-refractivity contribution is 5.82. The first-order chi connectivity index (χ1) is 11.3. The second-order valence-corrected chi connectivity index (χ2v) is 6.54. The van der Waals surface area contributed by atoms with E-state index in [1.165, 1.54) is 0 Å². The molecule has 0 aromatic rings. The second kappa shape index (κ2) is 7.43. The minimum Gasteiger partial charge on any atom is -0.433 e. The van der Waals surface area contributed by atoms with E-state index in [-0.39, 0.29) is 29.5 Å². The van der Waals surface area contributed by atoms with Gasteiger partial charge >= 0.3 is 0 Å². The van der Waals surface area contributed by atoms with E-state index in [0.717, 1.165) is 16.7 Å². The first-order valence-electron chi connectivity index (χ1n) is 8.10. The van der Waals surface area contributed by atoms with Gasteiger partial charge in [-0.3, -0.25) is 9.59 Å². The minimum absolute atomic E-state index is 0.00373. The summed E-state index contributed by atoms with van der Waals surface area (Å²) in [5, 5.41) is 0. The van der Waals surface area contributed by atoms with Crippen molar-refractivity contribution >= 4 is 12.3 Å². The maximum Gasteiger partial charge on any atom is 0.298 e. The summed E-state index contributed by atoms with van der Waals surface area (Å²) in [6, 6.07) is 0. The van der Waals surface area contributed by atoms with E-state index in [9.17, 15) is 9.59 Å². The molecule has 4 unspecified atom stereocenters. The minimum atomic E-state index is -0.150. The van der Waals surface area contributed by atoms with Crippen molar-refractivity contribution in [1.82, 2.24) is 0 Å². The lowest BCUT2D eigenvalue weighted by Crippen LogP contribution is -2.22. The highest BCUT2D eigenvalue weighted by atomic mass is 16.5. The zero-order chi connectivity index (χ0) is 17.9. The fourth-order valence-corrected chi connectivity index (χ4v) is 3.20. The van der Waals surface area contributed by atoms with Gasteiger partial charge in [0.05, 0.1) is 0 Å². The summed E-state index contributed by atoms with van der Waals surface area (Å²) in [5.41, 5.74) is 3.06. The molecule has 2 aliphatic rings. The van der Waals surface area contributed by atoms with Gasteiger partial charge in [0, 0.05) is 17.8 Å². The molecule has 0 heterocycles. The molecule has 3 nitrogen and oxygen atoms in total. The Morgan fingerprint density at radius 2 is 1.62 bits per heavy atom. The van der Waals surface area contributed by atoms with E-state index in [1.807, 2.05) is 19.1 Å². The molecule has 0 saturated heterocycles. The Morgan fingerprint density at radius 1 is 1.04 bits per heavy atom. The van der Waals surface area contributed by atoms with E-state index in [4.69, 9.17) is 4.74 Å². The smallest absolute Gasteiger partial charge is 0.298 e. The van der Waals surface area contributed by atoms with Crippen molar-refractivity contribution in [3.05, 3.63) is 72.1 Å². The molecule has 0 fully saturated rings. The molecule has 0 spiro atoms. The molecule has 0 aliphatic heterocycles. The standard InChI is InChI=1S/C21H24O3/c1-13(2)20-10-18(8-9-19(20)15(4)23)17-7-6-14(3)21(11-17)16(5)24-12-22/h6-12,14,19-21H,1,5H2,2-4H3. The first-order valence-corrected chi connectivity index (χ1v) is 8.10. The molecule has 24 heavy (non-hydrogen) atoms. The fourth-order valence-electron chi connectivity index (χ4n) is 3.20. The summed E-state index contributed by atoms with van der Waals surface area (Å²) in [6.45, 7) is 13.9. The molecule has 0 bridgehead atoms. The maximum absolute atomic E-state index is 11.8. The lowest BCUT2D eigenvalue weighted by Gasteiger charge is -2.28. The highest BCUT2D eigenvalue weighted by Crippen LogP contribution is 2.36. The van der Waals surface area contributed by atoms with Crippen molar-refractivity contribution in [2.75, 3.05) is 0 Å². The van der Waals surface area contributed by atoms with Crippen LogP contribution in [0.1, 0.15) is 20.8 Å². The Morgan fingerprint density at radius 3 is 2.17 bits per heavy atom. The van der Waals surface area contributed by atoms with Gasteiger partial charge in [-0.15, -0.1) is 0 Å². The van der Waals surface area contributed by atoms with Crippen molar-refractivity contribution < 1.29 is 14.3 Å². The van der Waals surface area contributed by atoms with Crippen LogP contribution in [0.4, 0.5) is 0 Å². The zero-order valence-corrected chi connectivity index (χ0v) is 14.5. The average molecular weight is 324 g/mol. The van der Waals surface area contributed by atoms with E-state index >= 15 is 0 Å². The lowest BCUT2D eigenvalue weighted by atomic mass is 9.76. The average Bonchev–Trinajstić information content (AvgIpc) is 2.54. The number of hydrogen-bond donors (Lipinski definition) is 0. The molecule has 0 radical (unpaired) electrons. The molecule has 0 amide bonds. The number of hydrogen-bond acceptors (Lipinski definition) is 3. The van der Waals surface area contributed by atoms with Gasteiger partial charge in [-0.05, 0) is 30.9 Å². The molecule has 2 rings (SSSR count). The van der Waals surface area contributed by atoms with Crippen molar-refractivity contribution in [3.8, 4) is 0 Å². The van der Waals surface area contributed by atoms with Crippen LogP contribution < -0.4 is 0 Å². The summed E-state index contributed by atoms with van der Waals surface area (Å²) in [7, 11) is 0. The third kappa shape index (κ3) is 3.73. The van der Waals surface area contributed by atoms with Crippen LogP contribution in [0.15, 0.2) is 72.1 Å². The number of carbonyl (C=O) groups is 2. The Labute approximate surface area is 143 Å². The largest absolute Gasteiger partial charge is 0.433 e. The zero-order valence-electron chi connectivity index (χ0n) is 14.5. The van der Waals surface area contributed by atoms with Gasteiger partial charge < -0.3 is 4.74 Å². The Balaban J connectivity index is 2.33. The van der Waals surface area contributed by atoms with Gasteiger partial charge in [0.2, 0.25) is 0 Å². The van der Waals surface area contributed by atoms with Gasteiger partial charge in [0.1, 0.15) is 11.5 Å². The van der Waals surface area contributed by atoms with E-state index < -0.39 is 0 Å². The van der Waals surface area contributed by atoms with Crippen LogP contribution in [0.5, 0.6) is 0 Å². The Hall–Kier alpha value is -2.42. The second-order valence-electron chi connectivity index (χ2n) is 6.54. The summed E-state index contributed by atoms with van der Waals surface area (Å²) in [4.78, 5) is 22.4. The third-order valence-corrected chi connectivity index (χ3v) is 4.68. The molecule has 2 aliphatic carbocycles. The third-order valence-electron chi connectivity index (χ3n) is 4.68. The van der Waals surface area contributed by atoms with Crippen LogP contribution in [0.3, 0.4) is 0 Å². The number of ketones is 1. The molecular weight excluding hydrogens is 300 g/mol. The van der Waals surface area contributed by atoms with Crippen molar-refractivity contribution in [3.63, 3.8) is 0 Å². The van der Waals surface area contributed by atoms with E-state index in [1.54, 1.807) is 6.92 Å². The SMILES string of the molecule is C=C(OC=O)C1C=C(C2=CC(C(=C)C)C(C(C)=O)C=C2)C=CC1C. The van der Waals surface area contributed by atoms with Crippen LogP contribution in [-0.2, 0) is 14.3 Å². The summed E-state index contributed by atoms with van der Waals surface area (Å²) in [5.74, 6) is 0.584.